The van der Waals surface area contributed by atoms with Gasteiger partial charge in [-0.25, -0.2) is 0 Å². The Hall–Kier alpha value is -4.79. The molecule has 0 saturated carbocycles. The molecule has 5 aromatic rings. The topological polar surface area (TPSA) is 113 Å². The minimum Gasteiger partial charge on any atom is -0.508 e. The molecule has 0 aliphatic rings. The van der Waals surface area contributed by atoms with E-state index in [0.29, 0.717) is 17.2 Å². The van der Waals surface area contributed by atoms with Gasteiger partial charge >= 0.3 is 0 Å². The molecule has 0 atom stereocenters. The molecule has 0 aromatic heterocycles. The average Bonchev–Trinajstić information content (AvgIpc) is 2.95. The van der Waals surface area contributed by atoms with Gasteiger partial charge in [0.1, 0.15) is 34.5 Å². The standard InChI is InChI=1S/C32H26O7S/c1-32(22-5-11-25(33)12-6-22,23-7-13-26(34)14-8-23)24-9-15-27(16-10-24)38-28-17-19-29(20-18-28)39-30-3-2-4-31(21-30)40(35,36)37/h2-21,33-34H,1H3,(H,35,36,37). The third-order valence-corrected chi connectivity index (χ3v) is 7.57. The largest absolute Gasteiger partial charge is 0.508 e. The summed E-state index contributed by atoms with van der Waals surface area (Å²) in [5.74, 6) is 2.30. The summed E-state index contributed by atoms with van der Waals surface area (Å²) >= 11 is 0. The fourth-order valence-corrected chi connectivity index (χ4v) is 5.01. The Balaban J connectivity index is 1.35. The highest BCUT2D eigenvalue weighted by atomic mass is 32.2. The summed E-state index contributed by atoms with van der Waals surface area (Å²) in [4.78, 5) is -0.250. The third-order valence-electron chi connectivity index (χ3n) is 6.72. The van der Waals surface area contributed by atoms with E-state index in [-0.39, 0.29) is 22.1 Å². The van der Waals surface area contributed by atoms with Gasteiger partial charge in [0.2, 0.25) is 0 Å². The van der Waals surface area contributed by atoms with E-state index in [0.717, 1.165) is 16.7 Å². The Morgan fingerprint density at radius 3 is 1.35 bits per heavy atom. The van der Waals surface area contributed by atoms with Gasteiger partial charge in [-0.2, -0.15) is 8.42 Å². The second-order valence-corrected chi connectivity index (χ2v) is 10.8. The molecule has 0 bridgehead atoms. The molecule has 5 rings (SSSR count). The van der Waals surface area contributed by atoms with Crippen LogP contribution in [0.25, 0.3) is 0 Å². The molecule has 0 fully saturated rings. The van der Waals surface area contributed by atoms with Crippen molar-refractivity contribution in [2.45, 2.75) is 17.2 Å². The molecule has 7 nitrogen and oxygen atoms in total. The summed E-state index contributed by atoms with van der Waals surface area (Å²) in [7, 11) is -4.33. The first-order chi connectivity index (χ1) is 19.1. The lowest BCUT2D eigenvalue weighted by molar-refractivity contribution is 0.465. The van der Waals surface area contributed by atoms with Crippen molar-refractivity contribution in [2.75, 3.05) is 0 Å². The van der Waals surface area contributed by atoms with E-state index < -0.39 is 15.5 Å². The molecule has 0 aliphatic heterocycles. The normalized spacial score (nSPS) is 11.7. The lowest BCUT2D eigenvalue weighted by Crippen LogP contribution is -2.25. The molecular weight excluding hydrogens is 528 g/mol. The quantitative estimate of drug-likeness (QED) is 0.136. The zero-order valence-corrected chi connectivity index (χ0v) is 22.2. The number of hydrogen-bond acceptors (Lipinski definition) is 6. The summed E-state index contributed by atoms with van der Waals surface area (Å²) < 4.78 is 43.7. The van der Waals surface area contributed by atoms with E-state index in [2.05, 4.69) is 6.92 Å². The smallest absolute Gasteiger partial charge is 0.294 e. The van der Waals surface area contributed by atoms with Crippen LogP contribution in [-0.4, -0.2) is 23.2 Å². The van der Waals surface area contributed by atoms with Crippen LogP contribution in [0.5, 0.6) is 34.5 Å². The maximum absolute atomic E-state index is 11.4. The highest BCUT2D eigenvalue weighted by Gasteiger charge is 2.31. The summed E-state index contributed by atoms with van der Waals surface area (Å²) in [5, 5.41) is 19.6. The number of phenolic OH excluding ortho intramolecular Hbond substituents is 2. The van der Waals surface area contributed by atoms with Crippen molar-refractivity contribution in [3.8, 4) is 34.5 Å². The maximum atomic E-state index is 11.4. The van der Waals surface area contributed by atoms with E-state index in [1.165, 1.54) is 18.2 Å². The lowest BCUT2D eigenvalue weighted by Gasteiger charge is -2.32. The minimum absolute atomic E-state index is 0.184. The van der Waals surface area contributed by atoms with Crippen LogP contribution in [0.15, 0.2) is 126 Å². The second-order valence-electron chi connectivity index (χ2n) is 9.37. The lowest BCUT2D eigenvalue weighted by atomic mass is 9.71. The molecule has 0 amide bonds. The number of phenols is 2. The van der Waals surface area contributed by atoms with E-state index in [9.17, 15) is 23.2 Å². The molecule has 0 heterocycles. The van der Waals surface area contributed by atoms with Gasteiger partial charge in [0.25, 0.3) is 10.1 Å². The van der Waals surface area contributed by atoms with Gasteiger partial charge in [0.15, 0.2) is 0 Å². The average molecular weight is 555 g/mol. The predicted molar refractivity (Wildman–Crippen MR) is 151 cm³/mol. The Labute approximate surface area is 232 Å². The fourth-order valence-electron chi connectivity index (χ4n) is 4.49. The van der Waals surface area contributed by atoms with Crippen molar-refractivity contribution in [3.63, 3.8) is 0 Å². The number of rotatable bonds is 8. The Bertz CT molecular complexity index is 1670. The molecule has 40 heavy (non-hydrogen) atoms. The van der Waals surface area contributed by atoms with Crippen molar-refractivity contribution in [2.24, 2.45) is 0 Å². The Morgan fingerprint density at radius 2 is 0.925 bits per heavy atom. The first-order valence-electron chi connectivity index (χ1n) is 12.3. The Kier molecular flexibility index (Phi) is 7.21. The van der Waals surface area contributed by atoms with Gasteiger partial charge in [-0.1, -0.05) is 42.5 Å². The van der Waals surface area contributed by atoms with Gasteiger partial charge in [0.05, 0.1) is 4.90 Å². The van der Waals surface area contributed by atoms with E-state index in [4.69, 9.17) is 9.47 Å². The number of ether oxygens (including phenoxy) is 2. The van der Waals surface area contributed by atoms with Crippen molar-refractivity contribution in [1.29, 1.82) is 0 Å². The molecular formula is C32H26O7S. The second kappa shape index (κ2) is 10.8. The van der Waals surface area contributed by atoms with Crippen LogP contribution in [0.4, 0.5) is 0 Å². The summed E-state index contributed by atoms with van der Waals surface area (Å²) in [5.41, 5.74) is 2.38. The summed E-state index contributed by atoms with van der Waals surface area (Å²) in [6.07, 6.45) is 0. The van der Waals surface area contributed by atoms with Crippen LogP contribution >= 0.6 is 0 Å². The molecule has 3 N–H and O–H groups in total. The highest BCUT2D eigenvalue weighted by Crippen LogP contribution is 2.40. The third kappa shape index (κ3) is 5.78. The number of aromatic hydroxyl groups is 2. The predicted octanol–water partition coefficient (Wildman–Crippen LogP) is 7.28. The first-order valence-corrected chi connectivity index (χ1v) is 13.8. The van der Waals surface area contributed by atoms with Gasteiger partial charge in [0, 0.05) is 11.5 Å². The first kappa shape index (κ1) is 26.8. The zero-order valence-electron chi connectivity index (χ0n) is 21.4. The number of hydrogen-bond donors (Lipinski definition) is 3. The van der Waals surface area contributed by atoms with Crippen LogP contribution in [0.2, 0.25) is 0 Å². The minimum atomic E-state index is -4.33. The Morgan fingerprint density at radius 1 is 0.550 bits per heavy atom. The molecule has 0 radical (unpaired) electrons. The molecule has 0 unspecified atom stereocenters. The van der Waals surface area contributed by atoms with Crippen molar-refractivity contribution >= 4 is 10.1 Å². The van der Waals surface area contributed by atoms with Crippen LogP contribution < -0.4 is 9.47 Å². The maximum Gasteiger partial charge on any atom is 0.294 e. The SMILES string of the molecule is CC(c1ccc(O)cc1)(c1ccc(O)cc1)c1ccc(Oc2ccc(Oc3cccc(S(=O)(=O)O)c3)cc2)cc1. The van der Waals surface area contributed by atoms with Crippen molar-refractivity contribution < 1.29 is 32.7 Å². The molecule has 5 aromatic carbocycles. The van der Waals surface area contributed by atoms with Gasteiger partial charge in [-0.3, -0.25) is 4.55 Å². The van der Waals surface area contributed by atoms with Gasteiger partial charge in [-0.05, 0) is 96.4 Å². The summed E-state index contributed by atoms with van der Waals surface area (Å²) in [6.45, 7) is 2.09. The molecule has 202 valence electrons. The molecule has 0 saturated heterocycles. The van der Waals surface area contributed by atoms with Gasteiger partial charge < -0.3 is 19.7 Å². The van der Waals surface area contributed by atoms with Crippen LogP contribution in [-0.2, 0) is 15.5 Å². The fraction of sp³-hybridized carbons (Fsp3) is 0.0625. The monoisotopic (exact) mass is 554 g/mol. The number of benzene rings is 5. The molecule has 8 heteroatoms. The molecule has 0 spiro atoms. The van der Waals surface area contributed by atoms with E-state index in [1.807, 2.05) is 48.5 Å². The summed E-state index contributed by atoms with van der Waals surface area (Å²) in [6, 6.07) is 34.3. The van der Waals surface area contributed by atoms with E-state index >= 15 is 0 Å². The van der Waals surface area contributed by atoms with E-state index in [1.54, 1.807) is 54.6 Å². The van der Waals surface area contributed by atoms with Gasteiger partial charge in [-0.15, -0.1) is 0 Å². The molecule has 0 aliphatic carbocycles. The van der Waals surface area contributed by atoms with Crippen LogP contribution in [0, 0.1) is 0 Å². The van der Waals surface area contributed by atoms with Crippen molar-refractivity contribution in [3.05, 3.63) is 138 Å². The highest BCUT2D eigenvalue weighted by molar-refractivity contribution is 7.85. The zero-order chi connectivity index (χ0) is 28.3. The van der Waals surface area contributed by atoms with Crippen LogP contribution in [0.1, 0.15) is 23.6 Å². The van der Waals surface area contributed by atoms with Crippen LogP contribution in [0.3, 0.4) is 0 Å². The van der Waals surface area contributed by atoms with Crippen molar-refractivity contribution in [1.82, 2.24) is 0 Å².